The number of hydrogen-bond acceptors (Lipinski definition) is 6. The van der Waals surface area contributed by atoms with Gasteiger partial charge < -0.3 is 9.32 Å². The summed E-state index contributed by atoms with van der Waals surface area (Å²) in [5.74, 6) is -0.252. The number of furan rings is 1. The summed E-state index contributed by atoms with van der Waals surface area (Å²) < 4.78 is 28.9. The van der Waals surface area contributed by atoms with E-state index in [1.165, 1.54) is 35.4 Å². The molecule has 2 heterocycles. The number of amides is 1. The molecule has 0 bridgehead atoms. The third-order valence-corrected chi connectivity index (χ3v) is 5.90. The van der Waals surface area contributed by atoms with Crippen molar-refractivity contribution in [2.75, 3.05) is 11.5 Å². The number of benzene rings is 1. The summed E-state index contributed by atoms with van der Waals surface area (Å²) in [6.07, 6.45) is 1.75. The Morgan fingerprint density at radius 3 is 2.64 bits per heavy atom. The molecule has 0 radical (unpaired) electrons. The maximum Gasteiger partial charge on any atom is 0.282 e. The number of nitro groups is 1. The van der Waals surface area contributed by atoms with Gasteiger partial charge in [0.15, 0.2) is 9.84 Å². The Morgan fingerprint density at radius 1 is 1.28 bits per heavy atom. The molecule has 0 N–H and O–H groups in total. The van der Waals surface area contributed by atoms with Crippen LogP contribution in [-0.4, -0.2) is 41.7 Å². The van der Waals surface area contributed by atoms with Crippen LogP contribution >= 0.6 is 0 Å². The number of para-hydroxylation sites is 1. The zero-order valence-corrected chi connectivity index (χ0v) is 14.0. The zero-order valence-electron chi connectivity index (χ0n) is 13.2. The van der Waals surface area contributed by atoms with Gasteiger partial charge in [-0.25, -0.2) is 8.42 Å². The molecule has 1 aromatic heterocycles. The molecule has 132 valence electrons. The molecule has 1 fully saturated rings. The molecule has 1 aliphatic rings. The number of carbonyl (C=O) groups is 1. The average Bonchev–Trinajstić information content (AvgIpc) is 3.21. The SMILES string of the molecule is O=C(c1ccccc1[N+](=O)[O-])N(Cc1ccco1)[C@@H]1CCS(=O)(=O)C1. The van der Waals surface area contributed by atoms with Gasteiger partial charge in [0, 0.05) is 12.1 Å². The van der Waals surface area contributed by atoms with Crippen LogP contribution in [0.15, 0.2) is 47.1 Å². The molecule has 0 aliphatic carbocycles. The van der Waals surface area contributed by atoms with Crippen LogP contribution in [0.3, 0.4) is 0 Å². The van der Waals surface area contributed by atoms with Crippen LogP contribution in [-0.2, 0) is 16.4 Å². The largest absolute Gasteiger partial charge is 0.467 e. The van der Waals surface area contributed by atoms with Crippen molar-refractivity contribution in [3.8, 4) is 0 Å². The Kier molecular flexibility index (Phi) is 4.58. The van der Waals surface area contributed by atoms with Crippen molar-refractivity contribution in [1.29, 1.82) is 0 Å². The van der Waals surface area contributed by atoms with Crippen LogP contribution in [0.25, 0.3) is 0 Å². The molecule has 1 atom stereocenters. The summed E-state index contributed by atoms with van der Waals surface area (Å²) in [7, 11) is -3.22. The highest BCUT2D eigenvalue weighted by atomic mass is 32.2. The van der Waals surface area contributed by atoms with E-state index in [0.717, 1.165) is 0 Å². The predicted molar refractivity (Wildman–Crippen MR) is 88.7 cm³/mol. The Bertz CT molecular complexity index is 891. The summed E-state index contributed by atoms with van der Waals surface area (Å²) >= 11 is 0. The average molecular weight is 364 g/mol. The summed E-state index contributed by atoms with van der Waals surface area (Å²) in [6, 6.07) is 8.44. The minimum Gasteiger partial charge on any atom is -0.467 e. The highest BCUT2D eigenvalue weighted by Crippen LogP contribution is 2.26. The monoisotopic (exact) mass is 364 g/mol. The number of hydrogen-bond donors (Lipinski definition) is 0. The summed E-state index contributed by atoms with van der Waals surface area (Å²) in [4.78, 5) is 24.9. The summed E-state index contributed by atoms with van der Waals surface area (Å²) in [5.41, 5.74) is -0.374. The topological polar surface area (TPSA) is 111 Å². The number of nitro benzene ring substituents is 1. The fourth-order valence-electron chi connectivity index (χ4n) is 2.93. The quantitative estimate of drug-likeness (QED) is 0.593. The summed E-state index contributed by atoms with van der Waals surface area (Å²) in [5, 5.41) is 11.2. The van der Waals surface area contributed by atoms with Crippen molar-refractivity contribution in [2.45, 2.75) is 19.0 Å². The van der Waals surface area contributed by atoms with Crippen molar-refractivity contribution < 1.29 is 22.6 Å². The van der Waals surface area contributed by atoms with Crippen LogP contribution in [0.2, 0.25) is 0 Å². The molecular weight excluding hydrogens is 348 g/mol. The first-order valence-electron chi connectivity index (χ1n) is 7.64. The molecule has 2 aromatic rings. The van der Waals surface area contributed by atoms with Crippen LogP contribution < -0.4 is 0 Å². The molecule has 0 saturated carbocycles. The van der Waals surface area contributed by atoms with Crippen molar-refractivity contribution in [2.24, 2.45) is 0 Å². The van der Waals surface area contributed by atoms with E-state index < -0.39 is 26.7 Å². The Balaban J connectivity index is 1.96. The first-order valence-corrected chi connectivity index (χ1v) is 9.47. The second-order valence-corrected chi connectivity index (χ2v) is 8.07. The second-order valence-electron chi connectivity index (χ2n) is 5.84. The third-order valence-electron chi connectivity index (χ3n) is 4.15. The van der Waals surface area contributed by atoms with E-state index in [9.17, 15) is 23.3 Å². The van der Waals surface area contributed by atoms with Crippen molar-refractivity contribution in [3.05, 3.63) is 64.1 Å². The number of rotatable bonds is 5. The van der Waals surface area contributed by atoms with Gasteiger partial charge in [0.25, 0.3) is 11.6 Å². The van der Waals surface area contributed by atoms with Gasteiger partial charge in [-0.1, -0.05) is 12.1 Å². The van der Waals surface area contributed by atoms with Gasteiger partial charge in [-0.05, 0) is 24.6 Å². The fraction of sp³-hybridized carbons (Fsp3) is 0.312. The third kappa shape index (κ3) is 3.71. The van der Waals surface area contributed by atoms with Gasteiger partial charge in [0.2, 0.25) is 0 Å². The van der Waals surface area contributed by atoms with Crippen LogP contribution in [0.5, 0.6) is 0 Å². The highest BCUT2D eigenvalue weighted by molar-refractivity contribution is 7.91. The molecule has 3 rings (SSSR count). The lowest BCUT2D eigenvalue weighted by atomic mass is 10.1. The summed E-state index contributed by atoms with van der Waals surface area (Å²) in [6.45, 7) is 0.0536. The number of sulfone groups is 1. The second kappa shape index (κ2) is 6.67. The van der Waals surface area contributed by atoms with Crippen LogP contribution in [0.1, 0.15) is 22.5 Å². The molecule has 1 amide bonds. The van der Waals surface area contributed by atoms with Crippen molar-refractivity contribution in [3.63, 3.8) is 0 Å². The van der Waals surface area contributed by atoms with Crippen molar-refractivity contribution >= 4 is 21.4 Å². The normalized spacial score (nSPS) is 18.8. The molecule has 1 aromatic carbocycles. The van der Waals surface area contributed by atoms with E-state index in [2.05, 4.69) is 0 Å². The van der Waals surface area contributed by atoms with E-state index in [0.29, 0.717) is 12.2 Å². The number of nitrogens with zero attached hydrogens (tertiary/aromatic N) is 2. The van der Waals surface area contributed by atoms with Gasteiger partial charge in [0.1, 0.15) is 11.3 Å². The molecule has 1 saturated heterocycles. The standard InChI is InChI=1S/C16H16N2O6S/c19-16(14-5-1-2-6-15(14)18(20)21)17(10-13-4-3-8-24-13)12-7-9-25(22,23)11-12/h1-6,8,12H,7,9-11H2/t12-/m1/s1. The lowest BCUT2D eigenvalue weighted by molar-refractivity contribution is -0.385. The Labute approximate surface area is 144 Å². The Hall–Kier alpha value is -2.68. The van der Waals surface area contributed by atoms with Gasteiger partial charge >= 0.3 is 0 Å². The molecule has 1 aliphatic heterocycles. The van der Waals surface area contributed by atoms with Crippen molar-refractivity contribution in [1.82, 2.24) is 4.90 Å². The Morgan fingerprint density at radius 2 is 2.04 bits per heavy atom. The van der Waals surface area contributed by atoms with Crippen LogP contribution in [0.4, 0.5) is 5.69 Å². The highest BCUT2D eigenvalue weighted by Gasteiger charge is 2.37. The zero-order chi connectivity index (χ0) is 18.0. The first kappa shape index (κ1) is 17.2. The molecule has 0 unspecified atom stereocenters. The van der Waals surface area contributed by atoms with Gasteiger partial charge in [-0.15, -0.1) is 0 Å². The first-order chi connectivity index (χ1) is 11.9. The molecule has 25 heavy (non-hydrogen) atoms. The van der Waals surface area contributed by atoms with Gasteiger partial charge in [-0.2, -0.15) is 0 Å². The molecule has 9 heteroatoms. The predicted octanol–water partition coefficient (Wildman–Crippen LogP) is 2.02. The van der Waals surface area contributed by atoms with Gasteiger partial charge in [-0.3, -0.25) is 14.9 Å². The molecule has 8 nitrogen and oxygen atoms in total. The molecular formula is C16H16N2O6S. The van der Waals surface area contributed by atoms with Gasteiger partial charge in [0.05, 0.1) is 29.2 Å². The van der Waals surface area contributed by atoms with E-state index >= 15 is 0 Å². The van der Waals surface area contributed by atoms with E-state index in [4.69, 9.17) is 4.42 Å². The fourth-order valence-corrected chi connectivity index (χ4v) is 4.66. The maximum absolute atomic E-state index is 13.0. The molecule has 0 spiro atoms. The van der Waals surface area contributed by atoms with Crippen LogP contribution in [0, 0.1) is 10.1 Å². The minimum atomic E-state index is -3.22. The smallest absolute Gasteiger partial charge is 0.282 e. The lowest BCUT2D eigenvalue weighted by Gasteiger charge is -2.27. The van der Waals surface area contributed by atoms with E-state index in [-0.39, 0.29) is 29.3 Å². The van der Waals surface area contributed by atoms with E-state index in [1.54, 1.807) is 12.1 Å². The van der Waals surface area contributed by atoms with E-state index in [1.807, 2.05) is 0 Å². The minimum absolute atomic E-state index is 0.00349. The lowest BCUT2D eigenvalue weighted by Crippen LogP contribution is -2.40. The maximum atomic E-state index is 13.0. The number of carbonyl (C=O) groups excluding carboxylic acids is 1.